The summed E-state index contributed by atoms with van der Waals surface area (Å²) in [5.74, 6) is -2.11. The minimum Gasteiger partial charge on any atom is -0.477 e. The van der Waals surface area contributed by atoms with Crippen molar-refractivity contribution in [2.75, 3.05) is 5.75 Å². The Labute approximate surface area is 157 Å². The van der Waals surface area contributed by atoms with Gasteiger partial charge in [0.25, 0.3) is 12.3 Å². The second-order valence-electron chi connectivity index (χ2n) is 5.99. The Morgan fingerprint density at radius 1 is 1.33 bits per heavy atom. The highest BCUT2D eigenvalue weighted by molar-refractivity contribution is 8.00. The largest absolute Gasteiger partial charge is 0.477 e. The average molecular weight is 394 g/mol. The first-order chi connectivity index (χ1) is 12.9. The fourth-order valence-electron chi connectivity index (χ4n) is 2.97. The highest BCUT2D eigenvalue weighted by Gasteiger charge is 2.53. The standard InChI is InChI=1S/C18H16F2N2O4S/c19-12(20)7-6-11-9-27-17-14(16(24)22(17)15(11)18(25)26)21-13(23)8-10-4-2-1-3-5-10/h1-7,12,14,17H,8-9H2,(H,21,23)(H,25,26)/b7-6-/t14-,17-/m1/s1. The lowest BCUT2D eigenvalue weighted by atomic mass is 10.0. The summed E-state index contributed by atoms with van der Waals surface area (Å²) in [4.78, 5) is 37.2. The summed E-state index contributed by atoms with van der Waals surface area (Å²) < 4.78 is 24.8. The quantitative estimate of drug-likeness (QED) is 0.719. The number of carboxylic acids is 1. The van der Waals surface area contributed by atoms with Gasteiger partial charge in [0.2, 0.25) is 5.91 Å². The lowest BCUT2D eigenvalue weighted by Gasteiger charge is -2.49. The number of hydrogen-bond acceptors (Lipinski definition) is 4. The van der Waals surface area contributed by atoms with Crippen molar-refractivity contribution in [3.8, 4) is 0 Å². The third-order valence-electron chi connectivity index (χ3n) is 4.17. The van der Waals surface area contributed by atoms with Gasteiger partial charge in [0, 0.05) is 5.75 Å². The van der Waals surface area contributed by atoms with E-state index in [9.17, 15) is 28.3 Å². The van der Waals surface area contributed by atoms with E-state index in [1.54, 1.807) is 24.3 Å². The highest BCUT2D eigenvalue weighted by Crippen LogP contribution is 2.40. The van der Waals surface area contributed by atoms with Crippen molar-refractivity contribution in [2.24, 2.45) is 0 Å². The van der Waals surface area contributed by atoms with Crippen LogP contribution in [0.2, 0.25) is 0 Å². The van der Waals surface area contributed by atoms with Crippen molar-refractivity contribution in [1.82, 2.24) is 10.2 Å². The highest BCUT2D eigenvalue weighted by atomic mass is 32.2. The third-order valence-corrected chi connectivity index (χ3v) is 5.47. The predicted octanol–water partition coefficient (Wildman–Crippen LogP) is 1.79. The first kappa shape index (κ1) is 19.1. The van der Waals surface area contributed by atoms with E-state index in [4.69, 9.17) is 0 Å². The second-order valence-corrected chi connectivity index (χ2v) is 7.09. The molecule has 0 saturated carbocycles. The lowest BCUT2D eigenvalue weighted by molar-refractivity contribution is -0.150. The summed E-state index contributed by atoms with van der Waals surface area (Å²) in [5, 5.41) is 11.5. The molecule has 1 aromatic rings. The fraction of sp³-hybridized carbons (Fsp3) is 0.278. The van der Waals surface area contributed by atoms with Crippen molar-refractivity contribution in [2.45, 2.75) is 24.3 Å². The lowest BCUT2D eigenvalue weighted by Crippen LogP contribution is -2.70. The summed E-state index contributed by atoms with van der Waals surface area (Å²) >= 11 is 1.23. The molecule has 27 heavy (non-hydrogen) atoms. The van der Waals surface area contributed by atoms with E-state index in [0.717, 1.165) is 16.5 Å². The maximum Gasteiger partial charge on any atom is 0.352 e. The molecular formula is C18H16F2N2O4S. The molecule has 2 aliphatic rings. The summed E-state index contributed by atoms with van der Waals surface area (Å²) in [7, 11) is 0. The molecule has 2 aliphatic heterocycles. The number of allylic oxidation sites excluding steroid dienone is 2. The summed E-state index contributed by atoms with van der Waals surface area (Å²) in [6.45, 7) is 0. The van der Waals surface area contributed by atoms with Gasteiger partial charge in [-0.3, -0.25) is 14.5 Å². The Hall–Kier alpha value is -2.68. The van der Waals surface area contributed by atoms with Crippen LogP contribution in [0, 0.1) is 0 Å². The first-order valence-electron chi connectivity index (χ1n) is 8.09. The van der Waals surface area contributed by atoms with Crippen LogP contribution in [0.1, 0.15) is 5.56 Å². The van der Waals surface area contributed by atoms with Gasteiger partial charge < -0.3 is 10.4 Å². The monoisotopic (exact) mass is 394 g/mol. The molecule has 3 rings (SSSR count). The van der Waals surface area contributed by atoms with Gasteiger partial charge in [0.05, 0.1) is 6.42 Å². The number of rotatable bonds is 6. The first-order valence-corrected chi connectivity index (χ1v) is 9.14. The Bertz CT molecular complexity index is 826. The maximum atomic E-state index is 12.4. The number of thioether (sulfide) groups is 1. The van der Waals surface area contributed by atoms with Crippen LogP contribution in [0.4, 0.5) is 8.78 Å². The molecule has 0 aromatic heterocycles. The molecule has 0 radical (unpaired) electrons. The van der Waals surface area contributed by atoms with Gasteiger partial charge in [-0.2, -0.15) is 0 Å². The molecule has 1 aromatic carbocycles. The molecule has 6 nitrogen and oxygen atoms in total. The van der Waals surface area contributed by atoms with Gasteiger partial charge in [-0.1, -0.05) is 36.4 Å². The molecule has 2 heterocycles. The van der Waals surface area contributed by atoms with Crippen LogP contribution >= 0.6 is 11.8 Å². The second kappa shape index (κ2) is 7.91. The fourth-order valence-corrected chi connectivity index (χ4v) is 4.28. The molecule has 2 N–H and O–H groups in total. The van der Waals surface area contributed by atoms with E-state index in [1.165, 1.54) is 11.8 Å². The van der Waals surface area contributed by atoms with Gasteiger partial charge in [0.15, 0.2) is 0 Å². The molecule has 142 valence electrons. The molecule has 0 aliphatic carbocycles. The van der Waals surface area contributed by atoms with Gasteiger partial charge in [0.1, 0.15) is 17.1 Å². The van der Waals surface area contributed by atoms with Crippen LogP contribution in [0.3, 0.4) is 0 Å². The molecule has 2 atom stereocenters. The van der Waals surface area contributed by atoms with E-state index < -0.39 is 29.7 Å². The van der Waals surface area contributed by atoms with Gasteiger partial charge >= 0.3 is 5.97 Å². The number of benzene rings is 1. The number of nitrogens with zero attached hydrogens (tertiary/aromatic N) is 1. The van der Waals surface area contributed by atoms with Crippen LogP contribution in [0.15, 0.2) is 53.8 Å². The van der Waals surface area contributed by atoms with Crippen LogP contribution in [0.25, 0.3) is 0 Å². The number of halogens is 2. The van der Waals surface area contributed by atoms with E-state index in [1.807, 2.05) is 6.07 Å². The molecule has 1 saturated heterocycles. The Balaban J connectivity index is 1.71. The molecule has 0 spiro atoms. The SMILES string of the molecule is O=C(Cc1ccccc1)N[C@@H]1C(=O)N2C(C(=O)O)=C(/C=C\C(F)F)CS[C@H]12. The molecule has 0 unspecified atom stereocenters. The Morgan fingerprint density at radius 2 is 2.04 bits per heavy atom. The van der Waals surface area contributed by atoms with Crippen LogP contribution in [0.5, 0.6) is 0 Å². The zero-order valence-electron chi connectivity index (χ0n) is 14.0. The van der Waals surface area contributed by atoms with Crippen molar-refractivity contribution >= 4 is 29.5 Å². The van der Waals surface area contributed by atoms with Gasteiger partial charge in [-0.15, -0.1) is 11.8 Å². The molecular weight excluding hydrogens is 378 g/mol. The minimum absolute atomic E-state index is 0.103. The summed E-state index contributed by atoms with van der Waals surface area (Å²) in [6.07, 6.45) is -0.993. The minimum atomic E-state index is -2.72. The number of nitrogens with one attached hydrogen (secondary N) is 1. The number of β-lactam (4-membered cyclic amide) rings is 1. The third kappa shape index (κ3) is 4.02. The number of fused-ring (bicyclic) bond motifs is 1. The maximum absolute atomic E-state index is 12.4. The zero-order valence-corrected chi connectivity index (χ0v) is 14.8. The number of carbonyl (C=O) groups is 3. The normalized spacial score (nSPS) is 22.0. The van der Waals surface area contributed by atoms with Gasteiger partial charge in [-0.25, -0.2) is 13.6 Å². The summed E-state index contributed by atoms with van der Waals surface area (Å²) in [6, 6.07) is 8.17. The number of hydrogen-bond donors (Lipinski definition) is 2. The predicted molar refractivity (Wildman–Crippen MR) is 95.0 cm³/mol. The zero-order chi connectivity index (χ0) is 19.6. The number of amides is 2. The van der Waals surface area contributed by atoms with Crippen molar-refractivity contribution in [1.29, 1.82) is 0 Å². The van der Waals surface area contributed by atoms with E-state index in [-0.39, 0.29) is 29.4 Å². The van der Waals surface area contributed by atoms with Crippen LogP contribution < -0.4 is 5.32 Å². The van der Waals surface area contributed by atoms with Crippen molar-refractivity contribution < 1.29 is 28.3 Å². The van der Waals surface area contributed by atoms with E-state index in [0.29, 0.717) is 6.08 Å². The smallest absolute Gasteiger partial charge is 0.352 e. The number of carbonyl (C=O) groups excluding carboxylic acids is 2. The van der Waals surface area contributed by atoms with E-state index >= 15 is 0 Å². The van der Waals surface area contributed by atoms with Gasteiger partial charge in [-0.05, 0) is 17.2 Å². The topological polar surface area (TPSA) is 86.7 Å². The number of alkyl halides is 2. The molecule has 0 bridgehead atoms. The molecule has 9 heteroatoms. The number of aliphatic carboxylic acids is 1. The molecule has 2 amide bonds. The molecule has 1 fully saturated rings. The van der Waals surface area contributed by atoms with E-state index in [2.05, 4.69) is 5.32 Å². The van der Waals surface area contributed by atoms with Crippen LogP contribution in [-0.2, 0) is 20.8 Å². The Morgan fingerprint density at radius 3 is 2.67 bits per heavy atom. The Kier molecular flexibility index (Phi) is 5.59. The summed E-state index contributed by atoms with van der Waals surface area (Å²) in [5.41, 5.74) is 0.626. The van der Waals surface area contributed by atoms with Crippen molar-refractivity contribution in [3.05, 3.63) is 59.3 Å². The number of carboxylic acid groups (broad SMARTS) is 1. The average Bonchev–Trinajstić information content (AvgIpc) is 2.64. The van der Waals surface area contributed by atoms with Crippen molar-refractivity contribution in [3.63, 3.8) is 0 Å². The van der Waals surface area contributed by atoms with Crippen LogP contribution in [-0.4, -0.2) is 51.4 Å².